The number of carbonyl (C=O) groups is 2. The molecule has 4 nitrogen and oxygen atoms in total. The van der Waals surface area contributed by atoms with Crippen LogP contribution < -0.4 is 10.6 Å². The highest BCUT2D eigenvalue weighted by Gasteiger charge is 2.09. The van der Waals surface area contributed by atoms with Gasteiger partial charge in [-0.2, -0.15) is 0 Å². The van der Waals surface area contributed by atoms with E-state index in [1.807, 2.05) is 31.2 Å². The first-order valence-electron chi connectivity index (χ1n) is 5.77. The first kappa shape index (κ1) is 14.5. The second-order valence-corrected chi connectivity index (χ2v) is 4.73. The zero-order valence-electron chi connectivity index (χ0n) is 10.5. The molecule has 0 bridgehead atoms. The Morgan fingerprint density at radius 3 is 2.72 bits per heavy atom. The Morgan fingerprint density at radius 1 is 1.39 bits per heavy atom. The van der Waals surface area contributed by atoms with Gasteiger partial charge in [-0.1, -0.05) is 12.1 Å². The molecule has 1 unspecified atom stereocenters. The highest BCUT2D eigenvalue weighted by atomic mass is 35.5. The minimum atomic E-state index is -0.579. The van der Waals surface area contributed by atoms with Crippen molar-refractivity contribution in [3.63, 3.8) is 0 Å². The summed E-state index contributed by atoms with van der Waals surface area (Å²) < 4.78 is 0. The van der Waals surface area contributed by atoms with Gasteiger partial charge in [-0.25, -0.2) is 0 Å². The second-order valence-electron chi connectivity index (χ2n) is 4.07. The van der Waals surface area contributed by atoms with Gasteiger partial charge in [0.1, 0.15) is 5.38 Å². The summed E-state index contributed by atoms with van der Waals surface area (Å²) in [4.78, 5) is 22.7. The van der Waals surface area contributed by atoms with E-state index in [-0.39, 0.29) is 24.8 Å². The number of benzene rings is 1. The van der Waals surface area contributed by atoms with Crippen LogP contribution in [0.4, 0.5) is 5.69 Å². The van der Waals surface area contributed by atoms with E-state index in [4.69, 9.17) is 11.6 Å². The lowest BCUT2D eigenvalue weighted by Crippen LogP contribution is -2.32. The summed E-state index contributed by atoms with van der Waals surface area (Å²) >= 11 is 5.58. The molecule has 0 aliphatic rings. The Kier molecular flexibility index (Phi) is 5.65. The van der Waals surface area contributed by atoms with E-state index in [1.165, 1.54) is 0 Å². The van der Waals surface area contributed by atoms with Crippen LogP contribution in [-0.4, -0.2) is 23.7 Å². The summed E-state index contributed by atoms with van der Waals surface area (Å²) in [6.07, 6.45) is 0.225. The van der Waals surface area contributed by atoms with Crippen LogP contribution in [0.5, 0.6) is 0 Å². The van der Waals surface area contributed by atoms with Gasteiger partial charge in [0.2, 0.25) is 11.8 Å². The Hall–Kier alpha value is -1.55. The summed E-state index contributed by atoms with van der Waals surface area (Å²) in [6.45, 7) is 3.83. The molecule has 0 spiro atoms. The van der Waals surface area contributed by atoms with E-state index < -0.39 is 5.38 Å². The summed E-state index contributed by atoms with van der Waals surface area (Å²) in [5.74, 6) is -0.400. The number of rotatable bonds is 5. The number of halogens is 1. The fourth-order valence-electron chi connectivity index (χ4n) is 1.39. The third-order valence-corrected chi connectivity index (χ3v) is 2.51. The molecule has 0 heterocycles. The van der Waals surface area contributed by atoms with E-state index in [9.17, 15) is 9.59 Å². The van der Waals surface area contributed by atoms with Crippen molar-refractivity contribution in [3.05, 3.63) is 29.8 Å². The summed E-state index contributed by atoms with van der Waals surface area (Å²) in [6, 6.07) is 7.54. The molecule has 1 aromatic rings. The van der Waals surface area contributed by atoms with Gasteiger partial charge in [-0.3, -0.25) is 9.59 Å². The van der Waals surface area contributed by atoms with Gasteiger partial charge in [0.15, 0.2) is 0 Å². The monoisotopic (exact) mass is 268 g/mol. The highest BCUT2D eigenvalue weighted by molar-refractivity contribution is 6.30. The predicted molar refractivity (Wildman–Crippen MR) is 72.8 cm³/mol. The molecule has 1 rings (SSSR count). The lowest BCUT2D eigenvalue weighted by molar-refractivity contribution is -0.120. The number of carbonyl (C=O) groups excluding carboxylic acids is 2. The first-order chi connectivity index (χ1) is 8.49. The summed E-state index contributed by atoms with van der Waals surface area (Å²) in [5, 5.41) is 4.76. The number of amides is 2. The molecule has 0 aliphatic carbocycles. The molecule has 0 fully saturated rings. The molecule has 0 aromatic heterocycles. The Labute approximate surface area is 112 Å². The number of hydrogen-bond acceptors (Lipinski definition) is 2. The van der Waals surface area contributed by atoms with Gasteiger partial charge in [0.25, 0.3) is 0 Å². The van der Waals surface area contributed by atoms with Crippen molar-refractivity contribution in [2.45, 2.75) is 25.6 Å². The average Bonchev–Trinajstić information content (AvgIpc) is 2.28. The Morgan fingerprint density at radius 2 is 2.11 bits per heavy atom. The van der Waals surface area contributed by atoms with Crippen LogP contribution in [-0.2, 0) is 9.59 Å². The zero-order valence-corrected chi connectivity index (χ0v) is 11.3. The molecular weight excluding hydrogens is 252 g/mol. The smallest absolute Gasteiger partial charge is 0.237 e. The van der Waals surface area contributed by atoms with Gasteiger partial charge < -0.3 is 10.6 Å². The first-order valence-corrected chi connectivity index (χ1v) is 6.21. The molecular formula is C13H17ClN2O2. The van der Waals surface area contributed by atoms with E-state index in [0.717, 1.165) is 11.3 Å². The number of anilines is 1. The normalized spacial score (nSPS) is 11.7. The van der Waals surface area contributed by atoms with Crippen LogP contribution in [0.25, 0.3) is 0 Å². The van der Waals surface area contributed by atoms with Gasteiger partial charge in [0, 0.05) is 18.7 Å². The zero-order chi connectivity index (χ0) is 13.5. The number of nitrogens with one attached hydrogen (secondary N) is 2. The SMILES string of the molecule is Cc1cccc(NC(=O)CCNC(=O)C(C)Cl)c1. The molecule has 18 heavy (non-hydrogen) atoms. The molecule has 0 saturated carbocycles. The van der Waals surface area contributed by atoms with Gasteiger partial charge >= 0.3 is 0 Å². The largest absolute Gasteiger partial charge is 0.354 e. The van der Waals surface area contributed by atoms with E-state index in [0.29, 0.717) is 0 Å². The quantitative estimate of drug-likeness (QED) is 0.803. The van der Waals surface area contributed by atoms with Gasteiger partial charge in [0.05, 0.1) is 0 Å². The molecule has 0 radical (unpaired) electrons. The van der Waals surface area contributed by atoms with Crippen LogP contribution in [0.15, 0.2) is 24.3 Å². The lowest BCUT2D eigenvalue weighted by atomic mass is 10.2. The topological polar surface area (TPSA) is 58.2 Å². The number of alkyl halides is 1. The number of hydrogen-bond donors (Lipinski definition) is 2. The summed E-state index contributed by atoms with van der Waals surface area (Å²) in [5.41, 5.74) is 1.84. The molecule has 5 heteroatoms. The van der Waals surface area contributed by atoms with Crippen LogP contribution >= 0.6 is 11.6 Å². The number of aryl methyl sites for hydroxylation is 1. The van der Waals surface area contributed by atoms with Crippen molar-refractivity contribution in [1.82, 2.24) is 5.32 Å². The van der Waals surface area contributed by atoms with Crippen LogP contribution in [0.2, 0.25) is 0 Å². The maximum Gasteiger partial charge on any atom is 0.237 e. The van der Waals surface area contributed by atoms with Crippen molar-refractivity contribution in [1.29, 1.82) is 0 Å². The van der Waals surface area contributed by atoms with E-state index in [1.54, 1.807) is 6.92 Å². The molecule has 0 saturated heterocycles. The Balaban J connectivity index is 2.32. The fourth-order valence-corrected chi connectivity index (χ4v) is 1.46. The van der Waals surface area contributed by atoms with Gasteiger partial charge in [-0.05, 0) is 31.5 Å². The standard InChI is InChI=1S/C13H17ClN2O2/c1-9-4-3-5-11(8-9)16-12(17)6-7-15-13(18)10(2)14/h3-5,8,10H,6-7H2,1-2H3,(H,15,18)(H,16,17). The highest BCUT2D eigenvalue weighted by Crippen LogP contribution is 2.09. The molecule has 0 aliphatic heterocycles. The molecule has 98 valence electrons. The van der Waals surface area contributed by atoms with Crippen LogP contribution in [0.1, 0.15) is 18.9 Å². The van der Waals surface area contributed by atoms with E-state index in [2.05, 4.69) is 10.6 Å². The maximum absolute atomic E-state index is 11.6. The van der Waals surface area contributed by atoms with Crippen molar-refractivity contribution >= 4 is 29.1 Å². The molecule has 1 atom stereocenters. The minimum Gasteiger partial charge on any atom is -0.354 e. The van der Waals surface area contributed by atoms with Gasteiger partial charge in [-0.15, -0.1) is 11.6 Å². The molecule has 1 aromatic carbocycles. The third-order valence-electron chi connectivity index (χ3n) is 2.31. The van der Waals surface area contributed by atoms with Crippen molar-refractivity contribution in [3.8, 4) is 0 Å². The maximum atomic E-state index is 11.6. The van der Waals surface area contributed by atoms with E-state index >= 15 is 0 Å². The Bertz CT molecular complexity index is 433. The van der Waals surface area contributed by atoms with Crippen LogP contribution in [0.3, 0.4) is 0 Å². The molecule has 2 amide bonds. The van der Waals surface area contributed by atoms with Crippen molar-refractivity contribution in [2.24, 2.45) is 0 Å². The fraction of sp³-hybridized carbons (Fsp3) is 0.385. The second kappa shape index (κ2) is 7.01. The summed E-state index contributed by atoms with van der Waals surface area (Å²) in [7, 11) is 0. The lowest BCUT2D eigenvalue weighted by Gasteiger charge is -2.08. The minimum absolute atomic E-state index is 0.136. The van der Waals surface area contributed by atoms with Crippen LogP contribution in [0, 0.1) is 6.92 Å². The predicted octanol–water partition coefficient (Wildman–Crippen LogP) is 2.07. The molecule has 2 N–H and O–H groups in total. The van der Waals surface area contributed by atoms with Crippen molar-refractivity contribution in [2.75, 3.05) is 11.9 Å². The van der Waals surface area contributed by atoms with Crippen molar-refractivity contribution < 1.29 is 9.59 Å². The average molecular weight is 269 g/mol. The third kappa shape index (κ3) is 5.19.